The largest absolute Gasteiger partial charge is 0.477 e. The number of carboxylic acids is 1. The van der Waals surface area contributed by atoms with E-state index >= 15 is 0 Å². The molecule has 8 heteroatoms. The molecular formula is C12H8Cl2N4O2. The van der Waals surface area contributed by atoms with Gasteiger partial charge in [-0.25, -0.2) is 9.48 Å². The summed E-state index contributed by atoms with van der Waals surface area (Å²) in [7, 11) is 0. The highest BCUT2D eigenvalue weighted by atomic mass is 35.5. The number of hydrogen-bond acceptors (Lipinski definition) is 4. The maximum atomic E-state index is 11.2. The van der Waals surface area contributed by atoms with E-state index in [-0.39, 0.29) is 5.70 Å². The highest BCUT2D eigenvalue weighted by molar-refractivity contribution is 6.35. The van der Waals surface area contributed by atoms with Gasteiger partial charge in [0.05, 0.1) is 0 Å². The molecule has 3 rings (SSSR count). The van der Waals surface area contributed by atoms with Gasteiger partial charge in [0, 0.05) is 10.0 Å². The van der Waals surface area contributed by atoms with Crippen LogP contribution >= 0.6 is 23.2 Å². The number of anilines is 1. The Kier molecular flexibility index (Phi) is 3.11. The van der Waals surface area contributed by atoms with Gasteiger partial charge in [-0.15, -0.1) is 0 Å². The van der Waals surface area contributed by atoms with Gasteiger partial charge in [-0.1, -0.05) is 29.3 Å². The molecule has 0 unspecified atom stereocenters. The summed E-state index contributed by atoms with van der Waals surface area (Å²) in [4.78, 5) is 15.1. The Hall–Kier alpha value is -2.05. The van der Waals surface area contributed by atoms with Crippen LogP contribution in [-0.4, -0.2) is 25.8 Å². The molecule has 2 heterocycles. The van der Waals surface area contributed by atoms with Crippen LogP contribution < -0.4 is 5.32 Å². The normalized spacial score (nSPS) is 17.1. The zero-order valence-corrected chi connectivity index (χ0v) is 11.4. The Balaban J connectivity index is 2.14. The van der Waals surface area contributed by atoms with Crippen molar-refractivity contribution in [3.63, 3.8) is 0 Å². The number of hydrogen-bond donors (Lipinski definition) is 2. The van der Waals surface area contributed by atoms with Gasteiger partial charge in [-0.2, -0.15) is 10.1 Å². The molecule has 1 aliphatic heterocycles. The monoisotopic (exact) mass is 310 g/mol. The zero-order valence-electron chi connectivity index (χ0n) is 9.92. The first-order chi connectivity index (χ1) is 9.56. The number of carboxylic acid groups (broad SMARTS) is 1. The van der Waals surface area contributed by atoms with Gasteiger partial charge >= 0.3 is 5.97 Å². The van der Waals surface area contributed by atoms with Crippen LogP contribution in [0, 0.1) is 0 Å². The standard InChI is InChI=1S/C12H8Cl2N4O2/c13-6-1-2-7(8(14)3-6)10-4-9(11(19)20)17-12-15-5-16-18(10)12/h1-5,10H,(H,19,20)(H,15,16,17)/t10-/m1/s1. The van der Waals surface area contributed by atoms with Crippen molar-refractivity contribution in [1.29, 1.82) is 0 Å². The van der Waals surface area contributed by atoms with Crippen LogP contribution in [0.3, 0.4) is 0 Å². The fourth-order valence-electron chi connectivity index (χ4n) is 2.02. The average Bonchev–Trinajstić information content (AvgIpc) is 2.86. The van der Waals surface area contributed by atoms with Gasteiger partial charge in [0.2, 0.25) is 5.95 Å². The Morgan fingerprint density at radius 1 is 1.40 bits per heavy atom. The number of halogens is 2. The van der Waals surface area contributed by atoms with Gasteiger partial charge in [0.1, 0.15) is 18.1 Å². The van der Waals surface area contributed by atoms with Crippen molar-refractivity contribution in [2.24, 2.45) is 0 Å². The minimum absolute atomic E-state index is 0.0292. The molecule has 0 bridgehead atoms. The first-order valence-corrected chi connectivity index (χ1v) is 6.38. The molecular weight excluding hydrogens is 303 g/mol. The molecule has 2 N–H and O–H groups in total. The molecule has 2 aromatic rings. The average molecular weight is 311 g/mol. The van der Waals surface area contributed by atoms with Crippen LogP contribution in [-0.2, 0) is 4.79 Å². The summed E-state index contributed by atoms with van der Waals surface area (Å²) >= 11 is 12.1. The van der Waals surface area contributed by atoms with Crippen molar-refractivity contribution >= 4 is 35.1 Å². The molecule has 20 heavy (non-hydrogen) atoms. The lowest BCUT2D eigenvalue weighted by Crippen LogP contribution is -2.24. The van der Waals surface area contributed by atoms with E-state index in [1.807, 2.05) is 0 Å². The highest BCUT2D eigenvalue weighted by Gasteiger charge is 2.26. The van der Waals surface area contributed by atoms with E-state index in [9.17, 15) is 4.79 Å². The quantitative estimate of drug-likeness (QED) is 0.891. The molecule has 0 saturated heterocycles. The molecule has 1 aromatic heterocycles. The van der Waals surface area contributed by atoms with Crippen LogP contribution in [0.15, 0.2) is 36.3 Å². The van der Waals surface area contributed by atoms with Crippen LogP contribution in [0.2, 0.25) is 10.0 Å². The van der Waals surface area contributed by atoms with E-state index in [4.69, 9.17) is 28.3 Å². The molecule has 102 valence electrons. The summed E-state index contributed by atoms with van der Waals surface area (Å²) in [5, 5.41) is 16.9. The summed E-state index contributed by atoms with van der Waals surface area (Å²) < 4.78 is 1.56. The first kappa shape index (κ1) is 13.0. The molecule has 1 aromatic carbocycles. The summed E-state index contributed by atoms with van der Waals surface area (Å²) in [5.74, 6) is -0.727. The van der Waals surface area contributed by atoms with Crippen molar-refractivity contribution in [3.8, 4) is 0 Å². The Morgan fingerprint density at radius 2 is 2.20 bits per heavy atom. The van der Waals surface area contributed by atoms with E-state index in [1.165, 1.54) is 12.4 Å². The third-order valence-electron chi connectivity index (χ3n) is 2.92. The topological polar surface area (TPSA) is 80.0 Å². The number of aliphatic carboxylic acids is 1. The van der Waals surface area contributed by atoms with Crippen LogP contribution in [0.25, 0.3) is 0 Å². The zero-order chi connectivity index (χ0) is 14.3. The lowest BCUT2D eigenvalue weighted by atomic mass is 10.0. The lowest BCUT2D eigenvalue weighted by molar-refractivity contribution is -0.132. The molecule has 1 atom stereocenters. The van der Waals surface area contributed by atoms with Crippen molar-refractivity contribution in [3.05, 3.63) is 51.9 Å². The summed E-state index contributed by atoms with van der Waals surface area (Å²) in [6.07, 6.45) is 2.87. The van der Waals surface area contributed by atoms with E-state index in [2.05, 4.69) is 15.4 Å². The molecule has 1 aliphatic rings. The number of carbonyl (C=O) groups is 1. The van der Waals surface area contributed by atoms with E-state index in [0.29, 0.717) is 21.6 Å². The van der Waals surface area contributed by atoms with Gasteiger partial charge < -0.3 is 10.4 Å². The number of nitrogens with zero attached hydrogens (tertiary/aromatic N) is 3. The fraction of sp³-hybridized carbons (Fsp3) is 0.0833. The third kappa shape index (κ3) is 2.13. The minimum Gasteiger partial charge on any atom is -0.477 e. The number of rotatable bonds is 2. The number of fused-ring (bicyclic) bond motifs is 1. The minimum atomic E-state index is -1.07. The molecule has 0 spiro atoms. The number of benzene rings is 1. The first-order valence-electron chi connectivity index (χ1n) is 5.63. The second-order valence-corrected chi connectivity index (χ2v) is 4.99. The lowest BCUT2D eigenvalue weighted by Gasteiger charge is -2.23. The Morgan fingerprint density at radius 3 is 2.90 bits per heavy atom. The molecule has 0 fully saturated rings. The van der Waals surface area contributed by atoms with Crippen LogP contribution in [0.4, 0.5) is 5.95 Å². The fourth-order valence-corrected chi connectivity index (χ4v) is 2.54. The van der Waals surface area contributed by atoms with Crippen molar-refractivity contribution in [1.82, 2.24) is 14.8 Å². The van der Waals surface area contributed by atoms with Crippen LogP contribution in [0.5, 0.6) is 0 Å². The van der Waals surface area contributed by atoms with E-state index < -0.39 is 12.0 Å². The van der Waals surface area contributed by atoms with E-state index in [1.54, 1.807) is 22.9 Å². The third-order valence-corrected chi connectivity index (χ3v) is 3.48. The van der Waals surface area contributed by atoms with Gasteiger partial charge in [-0.3, -0.25) is 0 Å². The van der Waals surface area contributed by atoms with Gasteiger partial charge in [0.15, 0.2) is 0 Å². The second-order valence-electron chi connectivity index (χ2n) is 4.15. The molecule has 0 radical (unpaired) electrons. The number of nitrogens with one attached hydrogen (secondary N) is 1. The van der Waals surface area contributed by atoms with Crippen molar-refractivity contribution in [2.75, 3.05) is 5.32 Å². The highest BCUT2D eigenvalue weighted by Crippen LogP contribution is 2.33. The summed E-state index contributed by atoms with van der Waals surface area (Å²) in [5.41, 5.74) is 0.726. The van der Waals surface area contributed by atoms with Gasteiger partial charge in [0.25, 0.3) is 0 Å². The van der Waals surface area contributed by atoms with Gasteiger partial charge in [-0.05, 0) is 23.8 Å². The van der Waals surface area contributed by atoms with E-state index in [0.717, 1.165) is 0 Å². The SMILES string of the molecule is O=C(O)C1=C[C@H](c2ccc(Cl)cc2Cl)n2ncnc2N1. The maximum absolute atomic E-state index is 11.2. The molecule has 0 amide bonds. The summed E-state index contributed by atoms with van der Waals surface area (Å²) in [6, 6.07) is 4.58. The van der Waals surface area contributed by atoms with Crippen LogP contribution in [0.1, 0.15) is 11.6 Å². The number of aromatic nitrogens is 3. The maximum Gasteiger partial charge on any atom is 0.352 e. The predicted octanol–water partition coefficient (Wildman–Crippen LogP) is 2.57. The number of allylic oxidation sites excluding steroid dienone is 1. The second kappa shape index (κ2) is 4.81. The Bertz CT molecular complexity index is 726. The molecule has 6 nitrogen and oxygen atoms in total. The molecule has 0 saturated carbocycles. The van der Waals surface area contributed by atoms with Crippen molar-refractivity contribution < 1.29 is 9.90 Å². The smallest absolute Gasteiger partial charge is 0.352 e. The van der Waals surface area contributed by atoms with Crippen molar-refractivity contribution in [2.45, 2.75) is 6.04 Å². The Labute approximate surface area is 123 Å². The molecule has 0 aliphatic carbocycles. The summed E-state index contributed by atoms with van der Waals surface area (Å²) in [6.45, 7) is 0. The predicted molar refractivity (Wildman–Crippen MR) is 74.0 cm³/mol.